The summed E-state index contributed by atoms with van der Waals surface area (Å²) in [6, 6.07) is 20.5. The molecule has 2 heterocycles. The number of amides is 1. The summed E-state index contributed by atoms with van der Waals surface area (Å²) in [4.78, 5) is 32.8. The van der Waals surface area contributed by atoms with Crippen molar-refractivity contribution in [3.8, 4) is 5.75 Å². The molecule has 0 radical (unpaired) electrons. The minimum absolute atomic E-state index is 0.0306. The highest BCUT2D eigenvalue weighted by Gasteiger charge is 2.47. The monoisotopic (exact) mass is 497 g/mol. The molecule has 3 aromatic carbocycles. The van der Waals surface area contributed by atoms with Crippen LogP contribution in [0.15, 0.2) is 78.4 Å². The van der Waals surface area contributed by atoms with Gasteiger partial charge in [-0.05, 0) is 61.0 Å². The number of likely N-dealkylation sites (N-methyl/N-ethyl adjacent to an activating group) is 1. The highest BCUT2D eigenvalue weighted by Crippen LogP contribution is 2.42. The first-order valence-electron chi connectivity index (χ1n) is 12.6. The number of nitrogens with zero attached hydrogens (tertiary/aromatic N) is 3. The summed E-state index contributed by atoms with van der Waals surface area (Å²) in [5.41, 5.74) is 3.86. The summed E-state index contributed by atoms with van der Waals surface area (Å²) < 4.78 is 0. The van der Waals surface area contributed by atoms with Crippen LogP contribution in [0.1, 0.15) is 29.7 Å². The van der Waals surface area contributed by atoms with Crippen LogP contribution in [0, 0.1) is 0 Å². The summed E-state index contributed by atoms with van der Waals surface area (Å²) in [5.74, 6) is -1.57. The summed E-state index contributed by atoms with van der Waals surface area (Å²) >= 11 is 0. The maximum atomic E-state index is 13.4. The van der Waals surface area contributed by atoms with Crippen LogP contribution in [0.25, 0.3) is 5.76 Å². The Morgan fingerprint density at radius 2 is 1.43 bits per heavy atom. The standard InChI is InChI=1S/C30H31N3O4/c1-3-20-4-6-22(7-5-20)28(35)26-27(21-8-14-25(34)15-9-21)33(30(37)29(26)36)24-12-10-23(11-13-24)32-18-16-31(2)17-19-32/h4-15,27,34-35H,3,16-19H2,1-2H3/b28-26+. The zero-order valence-electron chi connectivity index (χ0n) is 21.1. The number of carbonyl (C=O) groups is 2. The van der Waals surface area contributed by atoms with Crippen LogP contribution in [-0.2, 0) is 16.0 Å². The third kappa shape index (κ3) is 4.70. The van der Waals surface area contributed by atoms with Crippen LogP contribution < -0.4 is 9.80 Å². The molecule has 1 amide bonds. The van der Waals surface area contributed by atoms with E-state index in [0.717, 1.165) is 43.9 Å². The molecule has 0 spiro atoms. The van der Waals surface area contributed by atoms with Gasteiger partial charge in [-0.15, -0.1) is 0 Å². The summed E-state index contributed by atoms with van der Waals surface area (Å²) in [6.45, 7) is 5.85. The topological polar surface area (TPSA) is 84.3 Å². The van der Waals surface area contributed by atoms with Crippen LogP contribution in [-0.4, -0.2) is 60.0 Å². The van der Waals surface area contributed by atoms with Gasteiger partial charge in [-0.1, -0.05) is 43.3 Å². The molecule has 7 nitrogen and oxygen atoms in total. The summed E-state index contributed by atoms with van der Waals surface area (Å²) in [5, 5.41) is 21.1. The predicted octanol–water partition coefficient (Wildman–Crippen LogP) is 4.33. The Balaban J connectivity index is 1.56. The number of hydrogen-bond donors (Lipinski definition) is 2. The molecule has 0 bridgehead atoms. The van der Waals surface area contributed by atoms with Crippen molar-refractivity contribution in [3.05, 3.63) is 95.1 Å². The average molecular weight is 498 g/mol. The zero-order chi connectivity index (χ0) is 26.1. The Morgan fingerprint density at radius 1 is 0.838 bits per heavy atom. The quantitative estimate of drug-likeness (QED) is 0.310. The van der Waals surface area contributed by atoms with Crippen molar-refractivity contribution >= 4 is 28.8 Å². The van der Waals surface area contributed by atoms with Gasteiger partial charge < -0.3 is 20.0 Å². The third-order valence-corrected chi connectivity index (χ3v) is 7.29. The molecule has 0 aromatic heterocycles. The SMILES string of the molecule is CCc1ccc(/C(O)=C2\C(=O)C(=O)N(c3ccc(N4CCN(C)CC4)cc3)C2c2ccc(O)cc2)cc1. The van der Waals surface area contributed by atoms with E-state index in [4.69, 9.17) is 0 Å². The first kappa shape index (κ1) is 24.6. The van der Waals surface area contributed by atoms with Crippen LogP contribution in [0.4, 0.5) is 11.4 Å². The number of aromatic hydroxyl groups is 1. The molecule has 2 aliphatic rings. The lowest BCUT2D eigenvalue weighted by Gasteiger charge is -2.34. The molecule has 3 aromatic rings. The van der Waals surface area contributed by atoms with Gasteiger partial charge in [0.05, 0.1) is 11.6 Å². The molecule has 2 fully saturated rings. The van der Waals surface area contributed by atoms with Crippen LogP contribution in [0.2, 0.25) is 0 Å². The summed E-state index contributed by atoms with van der Waals surface area (Å²) in [6.07, 6.45) is 0.850. The fourth-order valence-electron chi connectivity index (χ4n) is 5.01. The Kier molecular flexibility index (Phi) is 6.72. The maximum Gasteiger partial charge on any atom is 0.300 e. The molecular formula is C30H31N3O4. The van der Waals surface area contributed by atoms with E-state index in [0.29, 0.717) is 16.8 Å². The number of rotatable bonds is 5. The van der Waals surface area contributed by atoms with E-state index in [1.807, 2.05) is 43.3 Å². The van der Waals surface area contributed by atoms with Gasteiger partial charge in [-0.25, -0.2) is 0 Å². The van der Waals surface area contributed by atoms with Gasteiger partial charge >= 0.3 is 0 Å². The smallest absolute Gasteiger partial charge is 0.300 e. The van der Waals surface area contributed by atoms with E-state index < -0.39 is 17.7 Å². The third-order valence-electron chi connectivity index (χ3n) is 7.29. The Labute approximate surface area is 216 Å². The fourth-order valence-corrected chi connectivity index (χ4v) is 5.01. The number of Topliss-reactive ketones (excluding diaryl/α,β-unsaturated/α-hetero) is 1. The van der Waals surface area contributed by atoms with E-state index in [1.54, 1.807) is 24.3 Å². The number of aliphatic hydroxyl groups excluding tert-OH is 1. The number of ketones is 1. The molecule has 1 unspecified atom stereocenters. The highest BCUT2D eigenvalue weighted by molar-refractivity contribution is 6.51. The van der Waals surface area contributed by atoms with Crippen LogP contribution in [0.5, 0.6) is 5.75 Å². The average Bonchev–Trinajstić information content (AvgIpc) is 3.19. The number of aliphatic hydroxyl groups is 1. The Hall–Kier alpha value is -4.10. The molecule has 5 rings (SSSR count). The van der Waals surface area contributed by atoms with Gasteiger partial charge in [0.15, 0.2) is 0 Å². The molecule has 1 atom stereocenters. The van der Waals surface area contributed by atoms with Crippen molar-refractivity contribution in [1.29, 1.82) is 0 Å². The Bertz CT molecular complexity index is 1320. The van der Waals surface area contributed by atoms with Crippen molar-refractivity contribution in [1.82, 2.24) is 4.90 Å². The molecule has 2 N–H and O–H groups in total. The van der Waals surface area contributed by atoms with Crippen molar-refractivity contribution in [3.63, 3.8) is 0 Å². The van der Waals surface area contributed by atoms with Crippen molar-refractivity contribution in [2.75, 3.05) is 43.0 Å². The first-order valence-corrected chi connectivity index (χ1v) is 12.6. The number of anilines is 2. The number of hydrogen-bond acceptors (Lipinski definition) is 6. The van der Waals surface area contributed by atoms with E-state index >= 15 is 0 Å². The highest BCUT2D eigenvalue weighted by atomic mass is 16.3. The maximum absolute atomic E-state index is 13.4. The number of aryl methyl sites for hydroxylation is 1. The van der Waals surface area contributed by atoms with E-state index in [9.17, 15) is 19.8 Å². The number of benzene rings is 3. The van der Waals surface area contributed by atoms with Crippen molar-refractivity contribution in [2.45, 2.75) is 19.4 Å². The van der Waals surface area contributed by atoms with Gasteiger partial charge in [0, 0.05) is 43.1 Å². The minimum Gasteiger partial charge on any atom is -0.508 e. The molecule has 7 heteroatoms. The lowest BCUT2D eigenvalue weighted by atomic mass is 9.94. The molecular weight excluding hydrogens is 466 g/mol. The number of phenols is 1. The molecule has 0 aliphatic carbocycles. The normalized spacial score (nSPS) is 20.0. The Morgan fingerprint density at radius 3 is 2.03 bits per heavy atom. The van der Waals surface area contributed by atoms with Crippen molar-refractivity contribution < 1.29 is 19.8 Å². The van der Waals surface area contributed by atoms with Gasteiger partial charge in [-0.2, -0.15) is 0 Å². The molecule has 2 saturated heterocycles. The van der Waals surface area contributed by atoms with E-state index in [2.05, 4.69) is 16.8 Å². The minimum atomic E-state index is -0.832. The number of carbonyl (C=O) groups excluding carboxylic acids is 2. The molecule has 0 saturated carbocycles. The van der Waals surface area contributed by atoms with Gasteiger partial charge in [0.25, 0.3) is 11.7 Å². The van der Waals surface area contributed by atoms with Crippen molar-refractivity contribution in [2.24, 2.45) is 0 Å². The lowest BCUT2D eigenvalue weighted by Crippen LogP contribution is -2.44. The lowest BCUT2D eigenvalue weighted by molar-refractivity contribution is -0.132. The van der Waals surface area contributed by atoms with Gasteiger partial charge in [-0.3, -0.25) is 14.5 Å². The van der Waals surface area contributed by atoms with Gasteiger partial charge in [0.1, 0.15) is 11.5 Å². The van der Waals surface area contributed by atoms with Crippen LogP contribution >= 0.6 is 0 Å². The molecule has 2 aliphatic heterocycles. The second-order valence-corrected chi connectivity index (χ2v) is 9.62. The molecule has 37 heavy (non-hydrogen) atoms. The van der Waals surface area contributed by atoms with Gasteiger partial charge in [0.2, 0.25) is 0 Å². The largest absolute Gasteiger partial charge is 0.508 e. The fraction of sp³-hybridized carbons (Fsp3) is 0.267. The summed E-state index contributed by atoms with van der Waals surface area (Å²) in [7, 11) is 2.11. The first-order chi connectivity index (χ1) is 17.9. The molecule has 190 valence electrons. The zero-order valence-corrected chi connectivity index (χ0v) is 21.1. The second-order valence-electron chi connectivity index (χ2n) is 9.62. The van der Waals surface area contributed by atoms with E-state index in [1.165, 1.54) is 17.0 Å². The van der Waals surface area contributed by atoms with E-state index in [-0.39, 0.29) is 17.1 Å². The number of phenolic OH excluding ortho intramolecular Hbond substituents is 1. The number of piperazine rings is 1. The van der Waals surface area contributed by atoms with Crippen LogP contribution in [0.3, 0.4) is 0 Å². The predicted molar refractivity (Wildman–Crippen MR) is 145 cm³/mol. The second kappa shape index (κ2) is 10.1.